The van der Waals surface area contributed by atoms with Crippen molar-refractivity contribution in [3.05, 3.63) is 36.4 Å². The van der Waals surface area contributed by atoms with Gasteiger partial charge in [0.05, 0.1) is 30.8 Å². The molecule has 2 saturated heterocycles. The number of nitrogens with zero attached hydrogens (tertiary/aromatic N) is 4. The Morgan fingerprint density at radius 1 is 1.08 bits per heavy atom. The van der Waals surface area contributed by atoms with Crippen molar-refractivity contribution in [2.75, 3.05) is 71.5 Å². The third-order valence-corrected chi connectivity index (χ3v) is 8.18. The van der Waals surface area contributed by atoms with E-state index in [-0.39, 0.29) is 12.0 Å². The molecule has 0 aromatic heterocycles. The second kappa shape index (κ2) is 11.2. The van der Waals surface area contributed by atoms with Crippen LogP contribution in [-0.4, -0.2) is 92.7 Å². The highest BCUT2D eigenvalue weighted by atomic mass is 32.2. The van der Waals surface area contributed by atoms with E-state index in [4.69, 9.17) is 14.2 Å². The highest BCUT2D eigenvalue weighted by Gasteiger charge is 2.28. The van der Waals surface area contributed by atoms with E-state index < -0.39 is 0 Å². The molecule has 2 fully saturated rings. The standard InChI is InChI=1S/C27H36N4O4S/c1-4-27(32)29-10-9-22(19-29)35-21-6-8-24-23(18-21)31(15-16-34-24)20-5-7-25(33-3)26(17-20)36-30-13-11-28(2)12-14-30/h5-8,17-18,22H,4,9-16,19H2,1-3H3. The first kappa shape index (κ1) is 25.0. The largest absolute Gasteiger partial charge is 0.496 e. The zero-order valence-electron chi connectivity index (χ0n) is 21.4. The highest BCUT2D eigenvalue weighted by molar-refractivity contribution is 7.97. The van der Waals surface area contributed by atoms with Gasteiger partial charge in [0.1, 0.15) is 30.0 Å². The summed E-state index contributed by atoms with van der Waals surface area (Å²) in [5.41, 5.74) is 2.11. The molecule has 3 heterocycles. The van der Waals surface area contributed by atoms with Gasteiger partial charge in [-0.1, -0.05) is 6.92 Å². The van der Waals surface area contributed by atoms with Crippen molar-refractivity contribution in [2.45, 2.75) is 30.8 Å². The fourth-order valence-corrected chi connectivity index (χ4v) is 5.97. The van der Waals surface area contributed by atoms with Crippen LogP contribution in [-0.2, 0) is 4.79 Å². The predicted octanol–water partition coefficient (Wildman–Crippen LogP) is 3.87. The zero-order chi connectivity index (χ0) is 25.1. The lowest BCUT2D eigenvalue weighted by molar-refractivity contribution is -0.130. The van der Waals surface area contributed by atoms with Gasteiger partial charge in [0.15, 0.2) is 0 Å². The van der Waals surface area contributed by atoms with Crippen LogP contribution in [0, 0.1) is 0 Å². The molecule has 5 rings (SSSR count). The molecule has 1 amide bonds. The maximum atomic E-state index is 12.0. The van der Waals surface area contributed by atoms with Gasteiger partial charge in [0, 0.05) is 57.3 Å². The van der Waals surface area contributed by atoms with Crippen LogP contribution >= 0.6 is 11.9 Å². The highest BCUT2D eigenvalue weighted by Crippen LogP contribution is 2.42. The number of ether oxygens (including phenoxy) is 3. The number of likely N-dealkylation sites (N-methyl/N-ethyl adjacent to an activating group) is 1. The smallest absolute Gasteiger partial charge is 0.222 e. The summed E-state index contributed by atoms with van der Waals surface area (Å²) < 4.78 is 20.4. The minimum absolute atomic E-state index is 0.0177. The Labute approximate surface area is 218 Å². The predicted molar refractivity (Wildman–Crippen MR) is 143 cm³/mol. The lowest BCUT2D eigenvalue weighted by Crippen LogP contribution is -2.41. The van der Waals surface area contributed by atoms with E-state index >= 15 is 0 Å². The number of methoxy groups -OCH3 is 1. The van der Waals surface area contributed by atoms with Crippen molar-refractivity contribution in [1.82, 2.24) is 14.1 Å². The Morgan fingerprint density at radius 2 is 1.92 bits per heavy atom. The van der Waals surface area contributed by atoms with Crippen LogP contribution in [0.3, 0.4) is 0 Å². The molecule has 1 unspecified atom stereocenters. The normalized spacial score (nSPS) is 20.7. The number of benzene rings is 2. The third-order valence-electron chi connectivity index (χ3n) is 7.05. The van der Waals surface area contributed by atoms with Gasteiger partial charge in [0.25, 0.3) is 0 Å². The van der Waals surface area contributed by atoms with E-state index in [1.165, 1.54) is 0 Å². The molecular formula is C27H36N4O4S. The van der Waals surface area contributed by atoms with Crippen LogP contribution in [0.5, 0.6) is 17.2 Å². The summed E-state index contributed by atoms with van der Waals surface area (Å²) in [6.07, 6.45) is 1.41. The first-order valence-corrected chi connectivity index (χ1v) is 13.6. The van der Waals surface area contributed by atoms with Crippen LogP contribution in [0.1, 0.15) is 19.8 Å². The monoisotopic (exact) mass is 512 g/mol. The fourth-order valence-electron chi connectivity index (χ4n) is 4.93. The van der Waals surface area contributed by atoms with E-state index in [2.05, 4.69) is 45.4 Å². The van der Waals surface area contributed by atoms with Gasteiger partial charge in [-0.3, -0.25) is 4.79 Å². The van der Waals surface area contributed by atoms with Crippen molar-refractivity contribution in [3.63, 3.8) is 0 Å². The fraction of sp³-hybridized carbons (Fsp3) is 0.519. The Hall–Kier alpha value is -2.62. The molecule has 1 atom stereocenters. The first-order valence-electron chi connectivity index (χ1n) is 12.8. The molecule has 0 spiro atoms. The molecule has 0 aliphatic carbocycles. The molecule has 9 heteroatoms. The maximum absolute atomic E-state index is 12.0. The van der Waals surface area contributed by atoms with Crippen molar-refractivity contribution >= 4 is 29.2 Å². The lowest BCUT2D eigenvalue weighted by Gasteiger charge is -2.33. The molecule has 3 aliphatic heterocycles. The molecule has 0 saturated carbocycles. The summed E-state index contributed by atoms with van der Waals surface area (Å²) in [5.74, 6) is 2.74. The second-order valence-corrected chi connectivity index (χ2v) is 10.6. The van der Waals surface area contributed by atoms with E-state index in [0.717, 1.165) is 79.2 Å². The Bertz CT molecular complexity index is 1080. The van der Waals surface area contributed by atoms with Crippen molar-refractivity contribution in [2.24, 2.45) is 0 Å². The van der Waals surface area contributed by atoms with Gasteiger partial charge < -0.3 is 28.9 Å². The molecule has 3 aliphatic rings. The van der Waals surface area contributed by atoms with Gasteiger partial charge in [-0.25, -0.2) is 4.31 Å². The number of hydrogen-bond donors (Lipinski definition) is 0. The molecule has 0 bridgehead atoms. The minimum Gasteiger partial charge on any atom is -0.496 e. The molecule has 0 N–H and O–H groups in total. The van der Waals surface area contributed by atoms with Gasteiger partial charge >= 0.3 is 0 Å². The minimum atomic E-state index is 0.0177. The first-order chi connectivity index (χ1) is 17.5. The summed E-state index contributed by atoms with van der Waals surface area (Å²) in [6.45, 7) is 8.88. The lowest BCUT2D eigenvalue weighted by atomic mass is 10.2. The van der Waals surface area contributed by atoms with Gasteiger partial charge in [-0.05, 0) is 49.3 Å². The number of piperazine rings is 1. The van der Waals surface area contributed by atoms with Crippen molar-refractivity contribution in [3.8, 4) is 17.2 Å². The average Bonchev–Trinajstić information content (AvgIpc) is 3.37. The number of rotatable bonds is 7. The van der Waals surface area contributed by atoms with E-state index in [0.29, 0.717) is 19.6 Å². The Morgan fingerprint density at radius 3 is 2.69 bits per heavy atom. The molecule has 0 radical (unpaired) electrons. The Balaban J connectivity index is 1.35. The van der Waals surface area contributed by atoms with Gasteiger partial charge in [0.2, 0.25) is 5.91 Å². The van der Waals surface area contributed by atoms with Crippen LogP contribution in [0.25, 0.3) is 0 Å². The van der Waals surface area contributed by atoms with Crippen molar-refractivity contribution < 1.29 is 19.0 Å². The molecule has 8 nitrogen and oxygen atoms in total. The number of likely N-dealkylation sites (tertiary alicyclic amines) is 1. The number of anilines is 2. The summed E-state index contributed by atoms with van der Waals surface area (Å²) in [6, 6.07) is 12.4. The Kier molecular flexibility index (Phi) is 7.79. The number of amides is 1. The van der Waals surface area contributed by atoms with Gasteiger partial charge in [-0.2, -0.15) is 0 Å². The number of carbonyl (C=O) groups is 1. The van der Waals surface area contributed by atoms with Gasteiger partial charge in [-0.15, -0.1) is 0 Å². The topological polar surface area (TPSA) is 57.7 Å². The summed E-state index contributed by atoms with van der Waals surface area (Å²) in [7, 11) is 3.90. The third kappa shape index (κ3) is 5.53. The SMILES string of the molecule is CCC(=O)N1CCC(Oc2ccc3c(c2)N(c2ccc(OC)c(SN4CCN(C)CC4)c2)CCO3)C1. The van der Waals surface area contributed by atoms with Crippen LogP contribution in [0.15, 0.2) is 41.3 Å². The molecule has 194 valence electrons. The molecular weight excluding hydrogens is 476 g/mol. The quantitative estimate of drug-likeness (QED) is 0.519. The molecule has 2 aromatic carbocycles. The van der Waals surface area contributed by atoms with Crippen molar-refractivity contribution in [1.29, 1.82) is 0 Å². The number of hydrogen-bond acceptors (Lipinski definition) is 8. The van der Waals surface area contributed by atoms with Crippen LogP contribution < -0.4 is 19.1 Å². The van der Waals surface area contributed by atoms with E-state index in [9.17, 15) is 4.79 Å². The average molecular weight is 513 g/mol. The number of fused-ring (bicyclic) bond motifs is 1. The van der Waals surface area contributed by atoms with E-state index in [1.54, 1.807) is 19.1 Å². The maximum Gasteiger partial charge on any atom is 0.222 e. The summed E-state index contributed by atoms with van der Waals surface area (Å²) in [4.78, 5) is 19.7. The summed E-state index contributed by atoms with van der Waals surface area (Å²) >= 11 is 1.77. The van der Waals surface area contributed by atoms with Crippen LogP contribution in [0.2, 0.25) is 0 Å². The zero-order valence-corrected chi connectivity index (χ0v) is 22.3. The van der Waals surface area contributed by atoms with E-state index in [1.807, 2.05) is 24.0 Å². The molecule has 36 heavy (non-hydrogen) atoms. The van der Waals surface area contributed by atoms with Crippen LogP contribution in [0.4, 0.5) is 11.4 Å². The second-order valence-electron chi connectivity index (χ2n) is 9.51. The number of carbonyl (C=O) groups excluding carboxylic acids is 1. The molecule has 2 aromatic rings. The summed E-state index contributed by atoms with van der Waals surface area (Å²) in [5, 5.41) is 0.